The number of allylic oxidation sites excluding steroid dienone is 1. The van der Waals surface area contributed by atoms with Gasteiger partial charge >= 0.3 is 5.97 Å². The molecule has 1 N–H and O–H groups in total. The normalized spacial score (nSPS) is 11.6. The molecule has 0 atom stereocenters. The summed E-state index contributed by atoms with van der Waals surface area (Å²) in [6, 6.07) is 27.2. The molecule has 0 radical (unpaired) electrons. The largest absolute Gasteiger partial charge is 0.465 e. The van der Waals surface area contributed by atoms with E-state index >= 15 is 0 Å². The minimum Gasteiger partial charge on any atom is -0.465 e. The molecule has 1 aromatic heterocycles. The Morgan fingerprint density at radius 3 is 2.47 bits per heavy atom. The predicted molar refractivity (Wildman–Crippen MR) is 143 cm³/mol. The molecule has 0 saturated carbocycles. The van der Waals surface area contributed by atoms with Crippen molar-refractivity contribution in [3.8, 4) is 5.69 Å². The van der Waals surface area contributed by atoms with Crippen molar-refractivity contribution in [1.29, 1.82) is 0 Å². The molecule has 0 aliphatic heterocycles. The Kier molecular flexibility index (Phi) is 6.09. The van der Waals surface area contributed by atoms with E-state index in [9.17, 15) is 9.59 Å². The molecule has 1 amide bonds. The number of imidazole rings is 1. The highest BCUT2D eigenvalue weighted by atomic mass is 16.5. The Morgan fingerprint density at radius 1 is 0.917 bits per heavy atom. The van der Waals surface area contributed by atoms with Gasteiger partial charge in [-0.2, -0.15) is 0 Å². The van der Waals surface area contributed by atoms with Gasteiger partial charge in [0.05, 0.1) is 29.4 Å². The SMILES string of the molecule is COC(=O)c1cc(-n2c(C)nc3ccccc32)ccc1NC(=O)C=C(C)c1ccc2ccccc2c1. The van der Waals surface area contributed by atoms with Crippen LogP contribution in [0.2, 0.25) is 0 Å². The number of aryl methyl sites for hydroxylation is 1. The third-order valence-corrected chi connectivity index (χ3v) is 6.21. The molecule has 5 aromatic rings. The molecule has 4 aromatic carbocycles. The lowest BCUT2D eigenvalue weighted by molar-refractivity contribution is -0.111. The lowest BCUT2D eigenvalue weighted by Gasteiger charge is -2.13. The number of nitrogens with zero attached hydrogens (tertiary/aromatic N) is 2. The van der Waals surface area contributed by atoms with E-state index in [4.69, 9.17) is 4.74 Å². The number of hydrogen-bond donors (Lipinski definition) is 1. The van der Waals surface area contributed by atoms with E-state index in [1.54, 1.807) is 12.1 Å². The summed E-state index contributed by atoms with van der Waals surface area (Å²) >= 11 is 0. The molecular formula is C30H25N3O3. The molecule has 178 valence electrons. The summed E-state index contributed by atoms with van der Waals surface area (Å²) in [4.78, 5) is 30.2. The van der Waals surface area contributed by atoms with Crippen LogP contribution >= 0.6 is 0 Å². The highest BCUT2D eigenvalue weighted by Gasteiger charge is 2.17. The van der Waals surface area contributed by atoms with Gasteiger partial charge in [0.1, 0.15) is 5.82 Å². The first kappa shape index (κ1) is 23.1. The van der Waals surface area contributed by atoms with Crippen molar-refractivity contribution in [2.24, 2.45) is 0 Å². The van der Waals surface area contributed by atoms with Crippen LogP contribution in [0.15, 0.2) is 91.0 Å². The molecular weight excluding hydrogens is 450 g/mol. The fraction of sp³-hybridized carbons (Fsp3) is 0.100. The molecule has 36 heavy (non-hydrogen) atoms. The van der Waals surface area contributed by atoms with Gasteiger partial charge in [-0.15, -0.1) is 0 Å². The van der Waals surface area contributed by atoms with Gasteiger partial charge in [0.25, 0.3) is 0 Å². The zero-order valence-corrected chi connectivity index (χ0v) is 20.3. The van der Waals surface area contributed by atoms with Gasteiger partial charge in [0, 0.05) is 11.8 Å². The Balaban J connectivity index is 1.46. The number of nitrogens with one attached hydrogen (secondary N) is 1. The lowest BCUT2D eigenvalue weighted by atomic mass is 10.0. The Hall–Kier alpha value is -4.71. The number of aromatic nitrogens is 2. The maximum Gasteiger partial charge on any atom is 0.340 e. The van der Waals surface area contributed by atoms with Crippen LogP contribution in [0.4, 0.5) is 5.69 Å². The van der Waals surface area contributed by atoms with Crippen molar-refractivity contribution in [2.45, 2.75) is 13.8 Å². The van der Waals surface area contributed by atoms with Crippen molar-refractivity contribution < 1.29 is 14.3 Å². The zero-order chi connectivity index (χ0) is 25.2. The third-order valence-electron chi connectivity index (χ3n) is 6.21. The molecule has 1 heterocycles. The maximum absolute atomic E-state index is 12.9. The number of para-hydroxylation sites is 2. The Morgan fingerprint density at radius 2 is 1.67 bits per heavy atom. The monoisotopic (exact) mass is 475 g/mol. The van der Waals surface area contributed by atoms with Gasteiger partial charge in [-0.05, 0) is 72.2 Å². The molecule has 5 rings (SSSR count). The van der Waals surface area contributed by atoms with E-state index in [-0.39, 0.29) is 11.5 Å². The fourth-order valence-electron chi connectivity index (χ4n) is 4.41. The Bertz CT molecular complexity index is 1660. The second-order valence-electron chi connectivity index (χ2n) is 8.58. The highest BCUT2D eigenvalue weighted by molar-refractivity contribution is 6.08. The fourth-order valence-corrected chi connectivity index (χ4v) is 4.41. The first-order valence-corrected chi connectivity index (χ1v) is 11.6. The van der Waals surface area contributed by atoms with E-state index in [0.29, 0.717) is 5.69 Å². The summed E-state index contributed by atoms with van der Waals surface area (Å²) in [5.41, 5.74) is 4.95. The van der Waals surface area contributed by atoms with Crippen LogP contribution in [0.5, 0.6) is 0 Å². The van der Waals surface area contributed by atoms with Crippen molar-refractivity contribution in [2.75, 3.05) is 12.4 Å². The molecule has 0 bridgehead atoms. The van der Waals surface area contributed by atoms with Gasteiger partial charge in [0.2, 0.25) is 5.91 Å². The van der Waals surface area contributed by atoms with Crippen LogP contribution in [0.25, 0.3) is 33.1 Å². The van der Waals surface area contributed by atoms with Gasteiger partial charge in [-0.25, -0.2) is 9.78 Å². The number of anilines is 1. The summed E-state index contributed by atoms with van der Waals surface area (Å²) in [5, 5.41) is 5.09. The molecule has 6 nitrogen and oxygen atoms in total. The van der Waals surface area contributed by atoms with Crippen LogP contribution in [0.3, 0.4) is 0 Å². The van der Waals surface area contributed by atoms with Crippen molar-refractivity contribution in [1.82, 2.24) is 9.55 Å². The van der Waals surface area contributed by atoms with Crippen LogP contribution in [0, 0.1) is 6.92 Å². The lowest BCUT2D eigenvalue weighted by Crippen LogP contribution is -2.14. The molecule has 6 heteroatoms. The third kappa shape index (κ3) is 4.36. The van der Waals surface area contributed by atoms with Crippen LogP contribution in [0.1, 0.15) is 28.7 Å². The number of benzene rings is 4. The number of ether oxygens (including phenoxy) is 1. The summed E-state index contributed by atoms with van der Waals surface area (Å²) in [6.45, 7) is 3.80. The number of amides is 1. The van der Waals surface area contributed by atoms with Gasteiger partial charge < -0.3 is 10.1 Å². The first-order valence-electron chi connectivity index (χ1n) is 11.6. The van der Waals surface area contributed by atoms with Gasteiger partial charge in [0.15, 0.2) is 0 Å². The number of hydrogen-bond acceptors (Lipinski definition) is 4. The quantitative estimate of drug-likeness (QED) is 0.239. The van der Waals surface area contributed by atoms with E-state index in [2.05, 4.69) is 22.4 Å². The number of fused-ring (bicyclic) bond motifs is 2. The average Bonchev–Trinajstić information content (AvgIpc) is 3.23. The van der Waals surface area contributed by atoms with Crippen LogP contribution in [-0.4, -0.2) is 28.5 Å². The molecule has 0 aliphatic carbocycles. The van der Waals surface area contributed by atoms with E-state index in [0.717, 1.165) is 44.5 Å². The van der Waals surface area contributed by atoms with E-state index in [1.165, 1.54) is 13.2 Å². The van der Waals surface area contributed by atoms with E-state index in [1.807, 2.05) is 79.1 Å². The molecule has 0 fully saturated rings. The summed E-state index contributed by atoms with van der Waals surface area (Å²) in [5.74, 6) is -0.0787. The number of esters is 1. The molecule has 0 spiro atoms. The minimum absolute atomic E-state index is 0.261. The predicted octanol–water partition coefficient (Wildman–Crippen LogP) is 6.32. The molecule has 0 saturated heterocycles. The summed E-state index contributed by atoms with van der Waals surface area (Å²) < 4.78 is 6.98. The highest BCUT2D eigenvalue weighted by Crippen LogP contribution is 2.26. The molecule has 0 aliphatic rings. The average molecular weight is 476 g/mol. The topological polar surface area (TPSA) is 73.2 Å². The second kappa shape index (κ2) is 9.50. The van der Waals surface area contributed by atoms with Gasteiger partial charge in [-0.3, -0.25) is 9.36 Å². The van der Waals surface area contributed by atoms with Crippen molar-refractivity contribution >= 4 is 44.9 Å². The smallest absolute Gasteiger partial charge is 0.340 e. The number of rotatable bonds is 5. The van der Waals surface area contributed by atoms with Gasteiger partial charge in [-0.1, -0.05) is 48.5 Å². The summed E-state index contributed by atoms with van der Waals surface area (Å²) in [7, 11) is 1.32. The standard InChI is InChI=1S/C30H25N3O3/c1-19(22-13-12-21-8-4-5-9-23(21)17-22)16-29(34)32-26-15-14-24(18-25(26)30(35)36-3)33-20(2)31-27-10-6-7-11-28(27)33/h4-18H,1-3H3,(H,32,34). The maximum atomic E-state index is 12.9. The minimum atomic E-state index is -0.538. The number of carbonyl (C=O) groups excluding carboxylic acids is 2. The number of methoxy groups -OCH3 is 1. The molecule has 0 unspecified atom stereocenters. The Labute approximate surface area is 208 Å². The van der Waals surface area contributed by atoms with Crippen LogP contribution < -0.4 is 5.32 Å². The number of carbonyl (C=O) groups is 2. The van der Waals surface area contributed by atoms with Crippen molar-refractivity contribution in [3.63, 3.8) is 0 Å². The van der Waals surface area contributed by atoms with Crippen molar-refractivity contribution in [3.05, 3.63) is 108 Å². The first-order chi connectivity index (χ1) is 17.4. The van der Waals surface area contributed by atoms with E-state index < -0.39 is 5.97 Å². The van der Waals surface area contributed by atoms with Crippen LogP contribution in [-0.2, 0) is 9.53 Å². The zero-order valence-electron chi connectivity index (χ0n) is 20.3. The summed E-state index contributed by atoms with van der Waals surface area (Å²) in [6.07, 6.45) is 1.53. The second-order valence-corrected chi connectivity index (χ2v) is 8.58.